The molecule has 4 N–H and O–H groups in total. The third kappa shape index (κ3) is 3.24. The fourth-order valence-corrected chi connectivity index (χ4v) is 0.806. The third-order valence-corrected chi connectivity index (χ3v) is 2.24. The monoisotopic (exact) mass is 201 g/mol. The molecule has 0 saturated heterocycles. The first kappa shape index (κ1) is 12.7. The highest BCUT2D eigenvalue weighted by atomic mass is 16.4. The van der Waals surface area contributed by atoms with Gasteiger partial charge < -0.3 is 16.3 Å². The van der Waals surface area contributed by atoms with Crippen molar-refractivity contribution in [1.82, 2.24) is 5.32 Å². The quantitative estimate of drug-likeness (QED) is 0.270. The number of nitrogens with two attached hydrogens (primary N) is 1. The molecule has 0 fully saturated rings. The van der Waals surface area contributed by atoms with E-state index in [1.165, 1.54) is 0 Å². The van der Waals surface area contributed by atoms with Crippen LogP contribution in [0, 0.1) is 5.92 Å². The van der Waals surface area contributed by atoms with E-state index in [-0.39, 0.29) is 17.7 Å². The van der Waals surface area contributed by atoms with Gasteiger partial charge in [0.15, 0.2) is 5.84 Å². The molecule has 0 aliphatic carbocycles. The fourth-order valence-electron chi connectivity index (χ4n) is 0.806. The minimum Gasteiger partial charge on any atom is -0.409 e. The maximum absolute atomic E-state index is 11.5. The number of amides is 1. The number of hydrogen-bond acceptors (Lipinski definition) is 3. The van der Waals surface area contributed by atoms with Crippen molar-refractivity contribution in [1.29, 1.82) is 0 Å². The molecule has 0 aliphatic rings. The highest BCUT2D eigenvalue weighted by molar-refractivity contribution is 5.93. The standard InChI is InChI=1S/C9H19N3O2/c1-5-6(2)7(13)11-9(3,4)8(10)12-14/h6,14H,5H2,1-4H3,(H2,10,12)(H,11,13). The Balaban J connectivity index is 4.44. The Morgan fingerprint density at radius 2 is 2.14 bits per heavy atom. The van der Waals surface area contributed by atoms with Crippen molar-refractivity contribution in [2.24, 2.45) is 16.8 Å². The van der Waals surface area contributed by atoms with Crippen molar-refractivity contribution < 1.29 is 10.0 Å². The lowest BCUT2D eigenvalue weighted by Gasteiger charge is -2.26. The van der Waals surface area contributed by atoms with Crippen LogP contribution in [0.4, 0.5) is 0 Å². The topological polar surface area (TPSA) is 87.7 Å². The summed E-state index contributed by atoms with van der Waals surface area (Å²) in [5.41, 5.74) is 4.62. The van der Waals surface area contributed by atoms with Crippen LogP contribution < -0.4 is 11.1 Å². The molecule has 0 radical (unpaired) electrons. The highest BCUT2D eigenvalue weighted by Crippen LogP contribution is 2.06. The first-order valence-electron chi connectivity index (χ1n) is 4.65. The minimum absolute atomic E-state index is 0.00541. The van der Waals surface area contributed by atoms with E-state index in [0.29, 0.717) is 0 Å². The number of oxime groups is 1. The molecule has 5 nitrogen and oxygen atoms in total. The average molecular weight is 201 g/mol. The molecule has 1 amide bonds. The van der Waals surface area contributed by atoms with Crippen molar-refractivity contribution in [3.05, 3.63) is 0 Å². The van der Waals surface area contributed by atoms with E-state index < -0.39 is 5.54 Å². The molecule has 0 aromatic carbocycles. The van der Waals surface area contributed by atoms with E-state index in [4.69, 9.17) is 10.9 Å². The van der Waals surface area contributed by atoms with Crippen molar-refractivity contribution in [2.45, 2.75) is 39.7 Å². The summed E-state index contributed by atoms with van der Waals surface area (Å²) < 4.78 is 0. The second kappa shape index (κ2) is 4.83. The Labute approximate surface area is 84.4 Å². The number of hydrogen-bond donors (Lipinski definition) is 3. The molecule has 1 unspecified atom stereocenters. The molecular weight excluding hydrogens is 182 g/mol. The van der Waals surface area contributed by atoms with Crippen LogP contribution in [-0.2, 0) is 4.79 Å². The van der Waals surface area contributed by atoms with Gasteiger partial charge in [0.1, 0.15) is 0 Å². The molecule has 82 valence electrons. The summed E-state index contributed by atoms with van der Waals surface area (Å²) in [5.74, 6) is -0.168. The molecule has 0 heterocycles. The summed E-state index contributed by atoms with van der Waals surface area (Å²) in [6.45, 7) is 7.13. The van der Waals surface area contributed by atoms with Crippen molar-refractivity contribution in [3.8, 4) is 0 Å². The van der Waals surface area contributed by atoms with Crippen LogP contribution in [0.5, 0.6) is 0 Å². The van der Waals surface area contributed by atoms with Gasteiger partial charge in [-0.1, -0.05) is 19.0 Å². The van der Waals surface area contributed by atoms with Crippen LogP contribution in [0.2, 0.25) is 0 Å². The smallest absolute Gasteiger partial charge is 0.223 e. The summed E-state index contributed by atoms with van der Waals surface area (Å²) >= 11 is 0. The normalized spacial score (nSPS) is 15.0. The van der Waals surface area contributed by atoms with Crippen molar-refractivity contribution >= 4 is 11.7 Å². The van der Waals surface area contributed by atoms with E-state index in [0.717, 1.165) is 6.42 Å². The number of nitrogens with zero attached hydrogens (tertiary/aromatic N) is 1. The Morgan fingerprint density at radius 3 is 2.50 bits per heavy atom. The molecule has 0 aromatic rings. The molecule has 0 aliphatic heterocycles. The van der Waals surface area contributed by atoms with Gasteiger partial charge in [-0.05, 0) is 20.3 Å². The number of nitrogens with one attached hydrogen (secondary N) is 1. The Bertz CT molecular complexity index is 236. The molecule has 0 aromatic heterocycles. The molecule has 0 saturated carbocycles. The van der Waals surface area contributed by atoms with E-state index in [1.807, 2.05) is 13.8 Å². The second-order valence-electron chi connectivity index (χ2n) is 3.91. The number of carbonyl (C=O) groups is 1. The Morgan fingerprint density at radius 1 is 1.64 bits per heavy atom. The van der Waals surface area contributed by atoms with Crippen molar-refractivity contribution in [2.75, 3.05) is 0 Å². The predicted molar refractivity (Wildman–Crippen MR) is 55.1 cm³/mol. The van der Waals surface area contributed by atoms with Crippen LogP contribution in [0.15, 0.2) is 5.16 Å². The zero-order valence-electron chi connectivity index (χ0n) is 9.16. The lowest BCUT2D eigenvalue weighted by molar-refractivity contribution is -0.125. The Kier molecular flexibility index (Phi) is 4.40. The number of amidine groups is 1. The van der Waals surface area contributed by atoms with Gasteiger partial charge in [0.25, 0.3) is 0 Å². The van der Waals surface area contributed by atoms with E-state index in [2.05, 4.69) is 10.5 Å². The summed E-state index contributed by atoms with van der Waals surface area (Å²) in [7, 11) is 0. The lowest BCUT2D eigenvalue weighted by Crippen LogP contribution is -2.54. The molecule has 0 bridgehead atoms. The van der Waals surface area contributed by atoms with Crippen LogP contribution in [0.1, 0.15) is 34.1 Å². The Hall–Kier alpha value is -1.26. The molecule has 0 rings (SSSR count). The lowest BCUT2D eigenvalue weighted by atomic mass is 10.0. The van der Waals surface area contributed by atoms with Gasteiger partial charge in [-0.25, -0.2) is 0 Å². The SMILES string of the molecule is CCC(C)C(=O)NC(C)(C)/C(N)=N/O. The summed E-state index contributed by atoms with van der Waals surface area (Å²) in [6, 6.07) is 0. The van der Waals surface area contributed by atoms with Crippen LogP contribution >= 0.6 is 0 Å². The zero-order valence-corrected chi connectivity index (χ0v) is 9.16. The molecule has 0 spiro atoms. The van der Waals surface area contributed by atoms with Gasteiger partial charge in [0.05, 0.1) is 5.54 Å². The van der Waals surface area contributed by atoms with E-state index in [9.17, 15) is 4.79 Å². The van der Waals surface area contributed by atoms with Gasteiger partial charge in [-0.3, -0.25) is 4.79 Å². The van der Waals surface area contributed by atoms with E-state index in [1.54, 1.807) is 13.8 Å². The molecule has 1 atom stereocenters. The number of rotatable bonds is 4. The van der Waals surface area contributed by atoms with E-state index >= 15 is 0 Å². The van der Waals surface area contributed by atoms with Crippen LogP contribution in [0.25, 0.3) is 0 Å². The molecular formula is C9H19N3O2. The maximum atomic E-state index is 11.5. The van der Waals surface area contributed by atoms with Crippen molar-refractivity contribution in [3.63, 3.8) is 0 Å². The van der Waals surface area contributed by atoms with Gasteiger partial charge >= 0.3 is 0 Å². The van der Waals surface area contributed by atoms with Crippen LogP contribution in [-0.4, -0.2) is 22.5 Å². The maximum Gasteiger partial charge on any atom is 0.223 e. The summed E-state index contributed by atoms with van der Waals surface area (Å²) in [6.07, 6.45) is 0.762. The first-order chi connectivity index (χ1) is 6.35. The van der Waals surface area contributed by atoms with Crippen LogP contribution in [0.3, 0.4) is 0 Å². The fraction of sp³-hybridized carbons (Fsp3) is 0.778. The van der Waals surface area contributed by atoms with Gasteiger partial charge in [0, 0.05) is 5.92 Å². The van der Waals surface area contributed by atoms with Gasteiger partial charge in [-0.15, -0.1) is 0 Å². The zero-order chi connectivity index (χ0) is 11.4. The number of carbonyl (C=O) groups excluding carboxylic acids is 1. The summed E-state index contributed by atoms with van der Waals surface area (Å²) in [5, 5.41) is 14.1. The minimum atomic E-state index is -0.810. The second-order valence-corrected chi connectivity index (χ2v) is 3.91. The summed E-state index contributed by atoms with van der Waals surface area (Å²) in [4.78, 5) is 11.5. The van der Waals surface area contributed by atoms with Gasteiger partial charge in [-0.2, -0.15) is 0 Å². The molecule has 5 heteroatoms. The third-order valence-electron chi connectivity index (χ3n) is 2.24. The highest BCUT2D eigenvalue weighted by Gasteiger charge is 2.27. The first-order valence-corrected chi connectivity index (χ1v) is 4.65. The average Bonchev–Trinajstić information content (AvgIpc) is 2.14. The predicted octanol–water partition coefficient (Wildman–Crippen LogP) is 0.674. The largest absolute Gasteiger partial charge is 0.409 e. The molecule has 14 heavy (non-hydrogen) atoms. The van der Waals surface area contributed by atoms with Gasteiger partial charge in [0.2, 0.25) is 5.91 Å².